The van der Waals surface area contributed by atoms with E-state index < -0.39 is 0 Å². The summed E-state index contributed by atoms with van der Waals surface area (Å²) in [6.45, 7) is 11.2. The molecule has 0 aliphatic heterocycles. The molecule has 0 bridgehead atoms. The molecule has 3 heteroatoms. The van der Waals surface area contributed by atoms with Crippen LogP contribution in [-0.2, 0) is 13.0 Å². The highest BCUT2D eigenvalue weighted by atomic mass is 16.2. The average Bonchev–Trinajstić information content (AvgIpc) is 2.77. The summed E-state index contributed by atoms with van der Waals surface area (Å²) >= 11 is 0. The number of aromatic nitrogens is 1. The van der Waals surface area contributed by atoms with E-state index in [1.54, 1.807) is 0 Å². The number of hydrogen-bond donors (Lipinski definition) is 1. The Morgan fingerprint density at radius 3 is 2.36 bits per heavy atom. The number of carbonyl (C=O) groups is 1. The Morgan fingerprint density at radius 2 is 1.82 bits per heavy atom. The zero-order valence-corrected chi connectivity index (χ0v) is 14.2. The lowest BCUT2D eigenvalue weighted by molar-refractivity contribution is 0.0929. The van der Waals surface area contributed by atoms with Gasteiger partial charge in [0.25, 0.3) is 5.91 Å². The first-order valence-corrected chi connectivity index (χ1v) is 8.05. The highest BCUT2D eigenvalue weighted by Gasteiger charge is 2.22. The number of nitrogens with zero attached hydrogens (tertiary/aromatic N) is 1. The number of rotatable bonds is 5. The van der Waals surface area contributed by atoms with Gasteiger partial charge in [0, 0.05) is 12.2 Å². The van der Waals surface area contributed by atoms with Crippen molar-refractivity contribution in [2.75, 3.05) is 0 Å². The van der Waals surface area contributed by atoms with Crippen molar-refractivity contribution in [2.24, 2.45) is 0 Å². The second-order valence-corrected chi connectivity index (χ2v) is 5.74. The molecule has 2 aromatic rings. The molecular formula is C19H26N2O. The van der Waals surface area contributed by atoms with Crippen molar-refractivity contribution in [3.05, 3.63) is 58.4 Å². The zero-order chi connectivity index (χ0) is 16.3. The Hall–Kier alpha value is -2.03. The fraction of sp³-hybridized carbons (Fsp3) is 0.421. The molecule has 1 aromatic heterocycles. The van der Waals surface area contributed by atoms with Crippen LogP contribution in [0.4, 0.5) is 0 Å². The Bertz CT molecular complexity index is 656. The maximum atomic E-state index is 12.8. The number of nitrogens with one attached hydrogen (secondary N) is 1. The van der Waals surface area contributed by atoms with Gasteiger partial charge in [0.1, 0.15) is 5.69 Å². The SMILES string of the molecule is CCc1c(C)c(C(=O)NC(C)c2ccccc2)n(CC)c1C. The summed E-state index contributed by atoms with van der Waals surface area (Å²) in [5.41, 5.74) is 5.54. The molecule has 0 radical (unpaired) electrons. The first kappa shape index (κ1) is 16.3. The predicted octanol–water partition coefficient (Wildman–Crippen LogP) is 4.18. The molecule has 118 valence electrons. The standard InChI is InChI=1S/C19H26N2O/c1-6-17-13(3)18(21(7-2)15(17)5)19(22)20-14(4)16-11-9-8-10-12-16/h8-12,14H,6-7H2,1-5H3,(H,20,22). The molecule has 1 atom stereocenters. The molecular weight excluding hydrogens is 272 g/mol. The van der Waals surface area contributed by atoms with Crippen molar-refractivity contribution in [1.29, 1.82) is 0 Å². The molecule has 1 unspecified atom stereocenters. The van der Waals surface area contributed by atoms with Crippen LogP contribution in [0, 0.1) is 13.8 Å². The molecule has 0 saturated heterocycles. The van der Waals surface area contributed by atoms with E-state index in [1.807, 2.05) is 37.3 Å². The molecule has 1 aromatic carbocycles. The fourth-order valence-corrected chi connectivity index (χ4v) is 3.25. The molecule has 22 heavy (non-hydrogen) atoms. The third kappa shape index (κ3) is 2.94. The molecule has 0 saturated carbocycles. The van der Waals surface area contributed by atoms with Gasteiger partial charge in [-0.05, 0) is 50.8 Å². The summed E-state index contributed by atoms with van der Waals surface area (Å²) in [6, 6.07) is 10.1. The Labute approximate surface area is 133 Å². The average molecular weight is 298 g/mol. The van der Waals surface area contributed by atoms with Gasteiger partial charge in [0.05, 0.1) is 6.04 Å². The maximum Gasteiger partial charge on any atom is 0.268 e. The van der Waals surface area contributed by atoms with Gasteiger partial charge < -0.3 is 9.88 Å². The summed E-state index contributed by atoms with van der Waals surface area (Å²) in [7, 11) is 0. The second-order valence-electron chi connectivity index (χ2n) is 5.74. The number of carbonyl (C=O) groups excluding carboxylic acids is 1. The minimum Gasteiger partial charge on any atom is -0.344 e. The predicted molar refractivity (Wildman–Crippen MR) is 91.3 cm³/mol. The van der Waals surface area contributed by atoms with Crippen molar-refractivity contribution in [2.45, 2.75) is 53.6 Å². The molecule has 0 fully saturated rings. The molecule has 0 spiro atoms. The minimum atomic E-state index is -0.00121. The highest BCUT2D eigenvalue weighted by Crippen LogP contribution is 2.23. The van der Waals surface area contributed by atoms with Crippen molar-refractivity contribution < 1.29 is 4.79 Å². The Balaban J connectivity index is 2.30. The van der Waals surface area contributed by atoms with Crippen LogP contribution in [0.1, 0.15) is 59.7 Å². The van der Waals surface area contributed by atoms with E-state index in [9.17, 15) is 4.79 Å². The molecule has 1 heterocycles. The quantitative estimate of drug-likeness (QED) is 0.883. The van der Waals surface area contributed by atoms with Gasteiger partial charge in [-0.1, -0.05) is 37.3 Å². The minimum absolute atomic E-state index is 0.00121. The van der Waals surface area contributed by atoms with Gasteiger partial charge in [-0.3, -0.25) is 4.79 Å². The fourth-order valence-electron chi connectivity index (χ4n) is 3.25. The van der Waals surface area contributed by atoms with E-state index in [-0.39, 0.29) is 11.9 Å². The van der Waals surface area contributed by atoms with E-state index in [0.717, 1.165) is 29.8 Å². The molecule has 3 nitrogen and oxygen atoms in total. The topological polar surface area (TPSA) is 34.0 Å². The summed E-state index contributed by atoms with van der Waals surface area (Å²) in [5.74, 6) is 0.0125. The summed E-state index contributed by atoms with van der Waals surface area (Å²) in [4.78, 5) is 12.8. The summed E-state index contributed by atoms with van der Waals surface area (Å²) in [6.07, 6.45) is 0.958. The molecule has 2 rings (SSSR count). The zero-order valence-electron chi connectivity index (χ0n) is 14.2. The third-order valence-corrected chi connectivity index (χ3v) is 4.45. The second kappa shape index (κ2) is 6.82. The third-order valence-electron chi connectivity index (χ3n) is 4.45. The van der Waals surface area contributed by atoms with E-state index in [4.69, 9.17) is 0 Å². The van der Waals surface area contributed by atoms with E-state index in [0.29, 0.717) is 0 Å². The van der Waals surface area contributed by atoms with Crippen molar-refractivity contribution in [3.8, 4) is 0 Å². The Morgan fingerprint density at radius 1 is 1.18 bits per heavy atom. The maximum absolute atomic E-state index is 12.8. The van der Waals surface area contributed by atoms with Crippen LogP contribution in [0.5, 0.6) is 0 Å². The van der Waals surface area contributed by atoms with Crippen molar-refractivity contribution in [1.82, 2.24) is 9.88 Å². The van der Waals surface area contributed by atoms with Gasteiger partial charge in [-0.2, -0.15) is 0 Å². The van der Waals surface area contributed by atoms with Crippen LogP contribution in [0.15, 0.2) is 30.3 Å². The number of benzene rings is 1. The van der Waals surface area contributed by atoms with Crippen LogP contribution in [0.3, 0.4) is 0 Å². The lowest BCUT2D eigenvalue weighted by atomic mass is 10.1. The van der Waals surface area contributed by atoms with Crippen molar-refractivity contribution in [3.63, 3.8) is 0 Å². The number of hydrogen-bond acceptors (Lipinski definition) is 1. The van der Waals surface area contributed by atoms with Crippen LogP contribution in [-0.4, -0.2) is 10.5 Å². The molecule has 1 amide bonds. The van der Waals surface area contributed by atoms with Gasteiger partial charge in [0.2, 0.25) is 0 Å². The monoisotopic (exact) mass is 298 g/mol. The van der Waals surface area contributed by atoms with Gasteiger partial charge in [0.15, 0.2) is 0 Å². The van der Waals surface area contributed by atoms with Crippen LogP contribution >= 0.6 is 0 Å². The molecule has 0 aliphatic carbocycles. The summed E-state index contributed by atoms with van der Waals surface area (Å²) < 4.78 is 2.13. The van der Waals surface area contributed by atoms with Gasteiger partial charge in [-0.25, -0.2) is 0 Å². The lowest BCUT2D eigenvalue weighted by Gasteiger charge is -2.16. The number of amides is 1. The van der Waals surface area contributed by atoms with E-state index in [1.165, 1.54) is 11.3 Å². The highest BCUT2D eigenvalue weighted by molar-refractivity contribution is 5.95. The largest absolute Gasteiger partial charge is 0.344 e. The van der Waals surface area contributed by atoms with E-state index in [2.05, 4.69) is 37.6 Å². The molecule has 0 aliphatic rings. The van der Waals surface area contributed by atoms with Crippen LogP contribution in [0.2, 0.25) is 0 Å². The summed E-state index contributed by atoms with van der Waals surface area (Å²) in [5, 5.41) is 3.13. The molecule has 1 N–H and O–H groups in total. The lowest BCUT2D eigenvalue weighted by Crippen LogP contribution is -2.29. The normalized spacial score (nSPS) is 12.2. The first-order chi connectivity index (χ1) is 10.5. The van der Waals surface area contributed by atoms with Crippen LogP contribution in [0.25, 0.3) is 0 Å². The van der Waals surface area contributed by atoms with Crippen molar-refractivity contribution >= 4 is 5.91 Å². The Kier molecular flexibility index (Phi) is 5.07. The van der Waals surface area contributed by atoms with Crippen LogP contribution < -0.4 is 5.32 Å². The van der Waals surface area contributed by atoms with Gasteiger partial charge in [-0.15, -0.1) is 0 Å². The van der Waals surface area contributed by atoms with Gasteiger partial charge >= 0.3 is 0 Å². The van der Waals surface area contributed by atoms with E-state index >= 15 is 0 Å². The smallest absolute Gasteiger partial charge is 0.268 e. The first-order valence-electron chi connectivity index (χ1n) is 8.05.